The number of para-hydroxylation sites is 2. The van der Waals surface area contributed by atoms with Crippen LogP contribution in [0, 0.1) is 6.92 Å². The van der Waals surface area contributed by atoms with E-state index >= 15 is 0 Å². The monoisotopic (exact) mass is 326 g/mol. The first-order chi connectivity index (χ1) is 11.2. The molecule has 0 unspecified atom stereocenters. The average molecular weight is 326 g/mol. The molecule has 2 heterocycles. The molecule has 118 valence electrons. The highest BCUT2D eigenvalue weighted by atomic mass is 32.2. The summed E-state index contributed by atoms with van der Waals surface area (Å²) in [6.07, 6.45) is 1.69. The molecule has 0 fully saturated rings. The van der Waals surface area contributed by atoms with Crippen molar-refractivity contribution in [3.8, 4) is 0 Å². The van der Waals surface area contributed by atoms with E-state index in [9.17, 15) is 4.79 Å². The number of fused-ring (bicyclic) bond motifs is 1. The summed E-state index contributed by atoms with van der Waals surface area (Å²) in [5.74, 6) is 0.807. The van der Waals surface area contributed by atoms with E-state index in [-0.39, 0.29) is 5.91 Å². The van der Waals surface area contributed by atoms with Crippen molar-refractivity contribution in [1.29, 1.82) is 0 Å². The van der Waals surface area contributed by atoms with Gasteiger partial charge in [-0.2, -0.15) is 0 Å². The van der Waals surface area contributed by atoms with Gasteiger partial charge in [-0.3, -0.25) is 4.79 Å². The number of hydrogen-bond acceptors (Lipinski definition) is 4. The largest absolute Gasteiger partial charge is 0.319 e. The van der Waals surface area contributed by atoms with Crippen molar-refractivity contribution in [2.45, 2.75) is 25.5 Å². The van der Waals surface area contributed by atoms with E-state index < -0.39 is 0 Å². The minimum Gasteiger partial charge on any atom is -0.319 e. The standard InChI is InChI=1S/C17H18N4OS/c1-3-21-14-7-5-4-6-13(14)19-17(21)23-11-16(22)20-15-10-12(2)8-9-18-15/h4-10H,3,11H2,1-2H3,(H,18,20,22). The number of nitrogens with zero attached hydrogens (tertiary/aromatic N) is 3. The van der Waals surface area contributed by atoms with Crippen molar-refractivity contribution >= 4 is 34.5 Å². The van der Waals surface area contributed by atoms with Crippen LogP contribution in [0.5, 0.6) is 0 Å². The van der Waals surface area contributed by atoms with Gasteiger partial charge in [0.2, 0.25) is 5.91 Å². The molecule has 6 heteroatoms. The Hall–Kier alpha value is -2.34. The van der Waals surface area contributed by atoms with Crippen LogP contribution in [0.4, 0.5) is 5.82 Å². The van der Waals surface area contributed by atoms with Crippen LogP contribution >= 0.6 is 11.8 Å². The average Bonchev–Trinajstić information content (AvgIpc) is 2.90. The minimum absolute atomic E-state index is 0.0807. The zero-order valence-electron chi connectivity index (χ0n) is 13.1. The fraction of sp³-hybridized carbons (Fsp3) is 0.235. The Morgan fingerprint density at radius 1 is 1.30 bits per heavy atom. The summed E-state index contributed by atoms with van der Waals surface area (Å²) >= 11 is 1.44. The lowest BCUT2D eigenvalue weighted by Gasteiger charge is -2.06. The Bertz CT molecular complexity index is 843. The molecule has 0 saturated heterocycles. The molecule has 3 rings (SSSR count). The zero-order chi connectivity index (χ0) is 16.2. The molecule has 0 atom stereocenters. The Morgan fingerprint density at radius 3 is 2.91 bits per heavy atom. The topological polar surface area (TPSA) is 59.8 Å². The third kappa shape index (κ3) is 3.53. The number of aryl methyl sites for hydroxylation is 2. The number of hydrogen-bond donors (Lipinski definition) is 1. The molecule has 1 N–H and O–H groups in total. The molecule has 5 nitrogen and oxygen atoms in total. The second kappa shape index (κ2) is 6.83. The van der Waals surface area contributed by atoms with Gasteiger partial charge in [0, 0.05) is 12.7 Å². The molecule has 1 amide bonds. The molecule has 0 saturated carbocycles. The lowest BCUT2D eigenvalue weighted by atomic mass is 10.3. The second-order valence-electron chi connectivity index (χ2n) is 5.18. The van der Waals surface area contributed by atoms with Gasteiger partial charge in [-0.05, 0) is 43.7 Å². The first kappa shape index (κ1) is 15.6. The highest BCUT2D eigenvalue weighted by molar-refractivity contribution is 7.99. The first-order valence-corrected chi connectivity index (χ1v) is 8.46. The van der Waals surface area contributed by atoms with Gasteiger partial charge in [0.1, 0.15) is 5.82 Å². The number of imidazole rings is 1. The summed E-state index contributed by atoms with van der Waals surface area (Å²) in [5.41, 5.74) is 3.12. The summed E-state index contributed by atoms with van der Waals surface area (Å²) < 4.78 is 2.12. The van der Waals surface area contributed by atoms with Crippen LogP contribution in [-0.2, 0) is 11.3 Å². The van der Waals surface area contributed by atoms with Gasteiger partial charge in [0.25, 0.3) is 0 Å². The van der Waals surface area contributed by atoms with Crippen LogP contribution in [0.3, 0.4) is 0 Å². The lowest BCUT2D eigenvalue weighted by Crippen LogP contribution is -2.15. The molecule has 1 aromatic carbocycles. The highest BCUT2D eigenvalue weighted by Gasteiger charge is 2.12. The van der Waals surface area contributed by atoms with Crippen LogP contribution < -0.4 is 5.32 Å². The van der Waals surface area contributed by atoms with Gasteiger partial charge in [0.05, 0.1) is 16.8 Å². The summed E-state index contributed by atoms with van der Waals surface area (Å²) in [5, 5.41) is 3.68. The summed E-state index contributed by atoms with van der Waals surface area (Å²) in [4.78, 5) is 20.9. The number of thioether (sulfide) groups is 1. The van der Waals surface area contributed by atoms with Crippen LogP contribution in [0.15, 0.2) is 47.8 Å². The van der Waals surface area contributed by atoms with Crippen molar-refractivity contribution in [3.05, 3.63) is 48.2 Å². The maximum atomic E-state index is 12.1. The Balaban J connectivity index is 1.69. The van der Waals surface area contributed by atoms with Crippen LogP contribution in [-0.4, -0.2) is 26.2 Å². The fourth-order valence-corrected chi connectivity index (χ4v) is 3.26. The molecule has 3 aromatic rings. The molecular weight excluding hydrogens is 308 g/mol. The van der Waals surface area contributed by atoms with E-state index in [0.717, 1.165) is 28.3 Å². The van der Waals surface area contributed by atoms with Gasteiger partial charge in [-0.25, -0.2) is 9.97 Å². The molecular formula is C17H18N4OS. The number of benzene rings is 1. The lowest BCUT2D eigenvalue weighted by molar-refractivity contribution is -0.113. The molecule has 0 spiro atoms. The van der Waals surface area contributed by atoms with Crippen molar-refractivity contribution in [3.63, 3.8) is 0 Å². The quantitative estimate of drug-likeness (QED) is 0.729. The molecule has 0 aliphatic rings. The van der Waals surface area contributed by atoms with Gasteiger partial charge < -0.3 is 9.88 Å². The third-order valence-electron chi connectivity index (χ3n) is 3.45. The molecule has 23 heavy (non-hydrogen) atoms. The van der Waals surface area contributed by atoms with Gasteiger partial charge in [0.15, 0.2) is 5.16 Å². The SMILES string of the molecule is CCn1c(SCC(=O)Nc2cc(C)ccn2)nc2ccccc21. The maximum absolute atomic E-state index is 12.1. The zero-order valence-corrected chi connectivity index (χ0v) is 13.9. The normalized spacial score (nSPS) is 10.9. The first-order valence-electron chi connectivity index (χ1n) is 7.48. The molecule has 2 aromatic heterocycles. The summed E-state index contributed by atoms with van der Waals surface area (Å²) in [6.45, 7) is 4.87. The van der Waals surface area contributed by atoms with Crippen molar-refractivity contribution in [1.82, 2.24) is 14.5 Å². The van der Waals surface area contributed by atoms with E-state index in [2.05, 4.69) is 26.8 Å². The Kier molecular flexibility index (Phi) is 4.62. The van der Waals surface area contributed by atoms with Crippen molar-refractivity contribution < 1.29 is 4.79 Å². The smallest absolute Gasteiger partial charge is 0.236 e. The number of carbonyl (C=O) groups is 1. The minimum atomic E-state index is -0.0807. The fourth-order valence-electron chi connectivity index (χ4n) is 2.38. The number of amides is 1. The third-order valence-corrected chi connectivity index (χ3v) is 4.43. The molecule has 0 aliphatic heterocycles. The highest BCUT2D eigenvalue weighted by Crippen LogP contribution is 2.24. The van der Waals surface area contributed by atoms with E-state index in [1.807, 2.05) is 43.3 Å². The Labute approximate surface area is 139 Å². The van der Waals surface area contributed by atoms with Gasteiger partial charge in [-0.15, -0.1) is 0 Å². The van der Waals surface area contributed by atoms with E-state index in [0.29, 0.717) is 11.6 Å². The number of rotatable bonds is 5. The number of carbonyl (C=O) groups excluding carboxylic acids is 1. The van der Waals surface area contributed by atoms with Crippen LogP contribution in [0.2, 0.25) is 0 Å². The second-order valence-corrected chi connectivity index (χ2v) is 6.13. The van der Waals surface area contributed by atoms with E-state index in [4.69, 9.17) is 0 Å². The van der Waals surface area contributed by atoms with E-state index in [1.165, 1.54) is 11.8 Å². The number of pyridine rings is 1. The predicted octanol–water partition coefficient (Wildman–Crippen LogP) is 3.49. The maximum Gasteiger partial charge on any atom is 0.236 e. The molecule has 0 aliphatic carbocycles. The summed E-state index contributed by atoms with van der Waals surface area (Å²) in [6, 6.07) is 11.8. The number of nitrogens with one attached hydrogen (secondary N) is 1. The van der Waals surface area contributed by atoms with Crippen molar-refractivity contribution in [2.75, 3.05) is 11.1 Å². The molecule has 0 radical (unpaired) electrons. The Morgan fingerprint density at radius 2 is 2.13 bits per heavy atom. The number of aromatic nitrogens is 3. The summed E-state index contributed by atoms with van der Waals surface area (Å²) in [7, 11) is 0. The van der Waals surface area contributed by atoms with Crippen LogP contribution in [0.25, 0.3) is 11.0 Å². The van der Waals surface area contributed by atoms with E-state index in [1.54, 1.807) is 6.20 Å². The number of anilines is 1. The van der Waals surface area contributed by atoms with Crippen LogP contribution in [0.1, 0.15) is 12.5 Å². The van der Waals surface area contributed by atoms with Gasteiger partial charge >= 0.3 is 0 Å². The van der Waals surface area contributed by atoms with Gasteiger partial charge in [-0.1, -0.05) is 23.9 Å². The van der Waals surface area contributed by atoms with Crippen molar-refractivity contribution in [2.24, 2.45) is 0 Å². The predicted molar refractivity (Wildman–Crippen MR) is 93.7 cm³/mol. The molecule has 0 bridgehead atoms.